The third-order valence-electron chi connectivity index (χ3n) is 4.20. The van der Waals surface area contributed by atoms with Crippen molar-refractivity contribution in [2.45, 2.75) is 38.6 Å². The summed E-state index contributed by atoms with van der Waals surface area (Å²) in [5.41, 5.74) is 0. The first-order valence-corrected chi connectivity index (χ1v) is 9.13. The van der Waals surface area contributed by atoms with E-state index < -0.39 is 15.8 Å². The van der Waals surface area contributed by atoms with Crippen LogP contribution in [0.15, 0.2) is 0 Å². The summed E-state index contributed by atoms with van der Waals surface area (Å²) in [4.78, 5) is 12.3. The molecule has 0 spiro atoms. The van der Waals surface area contributed by atoms with E-state index in [9.17, 15) is 13.2 Å². The van der Waals surface area contributed by atoms with E-state index in [0.717, 1.165) is 25.2 Å². The second-order valence-corrected chi connectivity index (χ2v) is 7.85. The van der Waals surface area contributed by atoms with E-state index in [0.29, 0.717) is 12.2 Å². The van der Waals surface area contributed by atoms with Gasteiger partial charge in [0.15, 0.2) is 9.84 Å². The van der Waals surface area contributed by atoms with Crippen molar-refractivity contribution in [1.82, 2.24) is 14.8 Å². The summed E-state index contributed by atoms with van der Waals surface area (Å²) in [6.07, 6.45) is 2.32. The fourth-order valence-electron chi connectivity index (χ4n) is 3.23. The summed E-state index contributed by atoms with van der Waals surface area (Å²) in [6, 6.07) is 0. The highest BCUT2D eigenvalue weighted by Crippen LogP contribution is 2.35. The number of hydrogen-bond acceptors (Lipinski definition) is 6. The van der Waals surface area contributed by atoms with E-state index in [-0.39, 0.29) is 30.0 Å². The van der Waals surface area contributed by atoms with E-state index in [2.05, 4.69) is 10.2 Å². The lowest BCUT2D eigenvalue weighted by Crippen LogP contribution is -2.28. The van der Waals surface area contributed by atoms with Crippen LogP contribution in [0.2, 0.25) is 0 Å². The summed E-state index contributed by atoms with van der Waals surface area (Å²) in [7, 11) is -3.06. The molecule has 1 fully saturated rings. The normalized spacial score (nSPS) is 24.7. The number of fused-ring (bicyclic) bond motifs is 1. The molecule has 21 heavy (non-hydrogen) atoms. The van der Waals surface area contributed by atoms with Crippen LogP contribution in [-0.2, 0) is 32.3 Å². The smallest absolute Gasteiger partial charge is 0.317 e. The number of hydrogen-bond donors (Lipinski definition) is 0. The van der Waals surface area contributed by atoms with E-state index in [1.165, 1.54) is 0 Å². The second-order valence-electron chi connectivity index (χ2n) is 5.62. The van der Waals surface area contributed by atoms with Gasteiger partial charge in [0.1, 0.15) is 17.6 Å². The summed E-state index contributed by atoms with van der Waals surface area (Å²) < 4.78 is 30.6. The highest BCUT2D eigenvalue weighted by molar-refractivity contribution is 7.91. The van der Waals surface area contributed by atoms with Gasteiger partial charge in [-0.3, -0.25) is 4.79 Å². The van der Waals surface area contributed by atoms with E-state index in [4.69, 9.17) is 4.74 Å². The van der Waals surface area contributed by atoms with Gasteiger partial charge in [0.25, 0.3) is 0 Å². The van der Waals surface area contributed by atoms with Gasteiger partial charge in [0, 0.05) is 13.0 Å². The van der Waals surface area contributed by atoms with Crippen molar-refractivity contribution >= 4 is 15.8 Å². The van der Waals surface area contributed by atoms with Crippen LogP contribution in [0.1, 0.15) is 37.3 Å². The highest BCUT2D eigenvalue weighted by Gasteiger charge is 2.42. The Hall–Kier alpha value is -1.44. The van der Waals surface area contributed by atoms with Gasteiger partial charge in [0.2, 0.25) is 0 Å². The van der Waals surface area contributed by atoms with Gasteiger partial charge in [-0.1, -0.05) is 0 Å². The summed E-state index contributed by atoms with van der Waals surface area (Å²) in [5.74, 6) is 0.335. The average molecular weight is 313 g/mol. The molecule has 0 radical (unpaired) electrons. The molecule has 0 N–H and O–H groups in total. The van der Waals surface area contributed by atoms with Crippen LogP contribution in [0.25, 0.3) is 0 Å². The Morgan fingerprint density at radius 3 is 2.95 bits per heavy atom. The minimum atomic E-state index is -3.06. The van der Waals surface area contributed by atoms with Crippen LogP contribution in [-0.4, -0.2) is 47.3 Å². The predicted octanol–water partition coefficient (Wildman–Crippen LogP) is 0.306. The topological polar surface area (TPSA) is 91.2 Å². The van der Waals surface area contributed by atoms with E-state index >= 15 is 0 Å². The maximum Gasteiger partial charge on any atom is 0.317 e. The van der Waals surface area contributed by atoms with Gasteiger partial charge < -0.3 is 9.30 Å². The summed E-state index contributed by atoms with van der Waals surface area (Å²) in [6.45, 7) is 2.80. The van der Waals surface area contributed by atoms with Crippen LogP contribution >= 0.6 is 0 Å². The Bertz CT molecular complexity index is 652. The number of aryl methyl sites for hydroxylation is 1. The lowest BCUT2D eigenvalue weighted by molar-refractivity contribution is -0.146. The molecule has 1 aromatic rings. The van der Waals surface area contributed by atoms with E-state index in [1.807, 2.05) is 4.57 Å². The molecular weight excluding hydrogens is 294 g/mol. The quantitative estimate of drug-likeness (QED) is 0.743. The predicted molar refractivity (Wildman–Crippen MR) is 74.5 cm³/mol. The molecule has 2 aliphatic rings. The van der Waals surface area contributed by atoms with Crippen LogP contribution in [0.4, 0.5) is 0 Å². The number of nitrogens with zero attached hydrogens (tertiary/aromatic N) is 3. The maximum absolute atomic E-state index is 12.3. The molecule has 2 atom stereocenters. The fourth-order valence-corrected chi connectivity index (χ4v) is 5.07. The monoisotopic (exact) mass is 313 g/mol. The van der Waals surface area contributed by atoms with Crippen LogP contribution in [0.5, 0.6) is 0 Å². The Kier molecular flexibility index (Phi) is 3.73. The zero-order valence-electron chi connectivity index (χ0n) is 12.0. The minimum Gasteiger partial charge on any atom is -0.465 e. The molecule has 1 aromatic heterocycles. The number of ether oxygens (including phenoxy) is 1. The average Bonchev–Trinajstić information content (AvgIpc) is 3.07. The molecule has 8 heteroatoms. The molecule has 0 bridgehead atoms. The lowest BCUT2D eigenvalue weighted by atomic mass is 9.91. The standard InChI is InChI=1S/C13H19N3O4S/c1-2-20-13(17)11(9-5-7-21(18,19)8-9)12-15-14-10-4-3-6-16(10)12/h9,11H,2-8H2,1H3. The highest BCUT2D eigenvalue weighted by atomic mass is 32.2. The third-order valence-corrected chi connectivity index (χ3v) is 5.99. The van der Waals surface area contributed by atoms with Crippen molar-refractivity contribution in [3.63, 3.8) is 0 Å². The molecule has 7 nitrogen and oxygen atoms in total. The second kappa shape index (κ2) is 5.40. The molecule has 0 aromatic carbocycles. The molecular formula is C13H19N3O4S. The van der Waals surface area contributed by atoms with Crippen molar-refractivity contribution in [3.05, 3.63) is 11.6 Å². The molecule has 2 aliphatic heterocycles. The summed E-state index contributed by atoms with van der Waals surface area (Å²) in [5, 5.41) is 8.27. The third kappa shape index (κ3) is 2.68. The molecule has 3 rings (SSSR count). The van der Waals surface area contributed by atoms with Crippen molar-refractivity contribution in [3.8, 4) is 0 Å². The van der Waals surface area contributed by atoms with Crippen LogP contribution in [0.3, 0.4) is 0 Å². The number of esters is 1. The first kappa shape index (κ1) is 14.5. The number of carbonyl (C=O) groups excluding carboxylic acids is 1. The zero-order valence-corrected chi connectivity index (χ0v) is 12.8. The van der Waals surface area contributed by atoms with E-state index in [1.54, 1.807) is 6.92 Å². The molecule has 3 heterocycles. The number of rotatable bonds is 4. The first-order chi connectivity index (χ1) is 10.0. The Balaban J connectivity index is 1.94. The largest absolute Gasteiger partial charge is 0.465 e. The van der Waals surface area contributed by atoms with Crippen LogP contribution in [0, 0.1) is 5.92 Å². The Labute approximate surface area is 123 Å². The SMILES string of the molecule is CCOC(=O)C(c1nnc2n1CCC2)C1CCS(=O)(=O)C1. The number of carbonyl (C=O) groups is 1. The van der Waals surface area contributed by atoms with Gasteiger partial charge in [-0.05, 0) is 25.7 Å². The molecule has 0 saturated carbocycles. The Morgan fingerprint density at radius 1 is 1.48 bits per heavy atom. The molecule has 0 amide bonds. The van der Waals surface area contributed by atoms with Gasteiger partial charge >= 0.3 is 5.97 Å². The van der Waals surface area contributed by atoms with Gasteiger partial charge in [0.05, 0.1) is 18.1 Å². The first-order valence-electron chi connectivity index (χ1n) is 7.31. The lowest BCUT2D eigenvalue weighted by Gasteiger charge is -2.20. The zero-order chi connectivity index (χ0) is 15.0. The summed E-state index contributed by atoms with van der Waals surface area (Å²) >= 11 is 0. The molecule has 0 aliphatic carbocycles. The molecule has 2 unspecified atom stereocenters. The molecule has 1 saturated heterocycles. The Morgan fingerprint density at radius 2 is 2.29 bits per heavy atom. The van der Waals surface area contributed by atoms with Crippen molar-refractivity contribution in [2.75, 3.05) is 18.1 Å². The van der Waals surface area contributed by atoms with Crippen molar-refractivity contribution in [1.29, 1.82) is 0 Å². The van der Waals surface area contributed by atoms with Gasteiger partial charge in [-0.25, -0.2) is 8.42 Å². The molecule has 116 valence electrons. The van der Waals surface area contributed by atoms with Crippen molar-refractivity contribution < 1.29 is 17.9 Å². The van der Waals surface area contributed by atoms with Crippen LogP contribution < -0.4 is 0 Å². The fraction of sp³-hybridized carbons (Fsp3) is 0.769. The number of aromatic nitrogens is 3. The maximum atomic E-state index is 12.3. The van der Waals surface area contributed by atoms with Gasteiger partial charge in [-0.2, -0.15) is 0 Å². The minimum absolute atomic E-state index is 0.0265. The van der Waals surface area contributed by atoms with Crippen molar-refractivity contribution in [2.24, 2.45) is 5.92 Å². The van der Waals surface area contributed by atoms with Gasteiger partial charge in [-0.15, -0.1) is 10.2 Å². The number of sulfone groups is 1.